The lowest BCUT2D eigenvalue weighted by Crippen LogP contribution is -2.22. The first kappa shape index (κ1) is 15.5. The fourth-order valence-corrected chi connectivity index (χ4v) is 2.72. The van der Waals surface area contributed by atoms with Crippen LogP contribution in [0, 0.1) is 3.57 Å². The zero-order valence-corrected chi connectivity index (χ0v) is 14.5. The molecule has 2 aromatic carbocycles. The minimum absolute atomic E-state index is 0.276. The quantitative estimate of drug-likeness (QED) is 0.712. The van der Waals surface area contributed by atoms with E-state index in [4.69, 9.17) is 0 Å². The highest BCUT2D eigenvalue weighted by atomic mass is 127. The monoisotopic (exact) mass is 379 g/mol. The molecule has 106 valence electrons. The standard InChI is InChI=1S/C18H22IN/c1-4-20-18(16-9-11-17(19)12-10-16)15-7-5-14(6-8-15)13(2)3/h5-13,18,20H,4H2,1-3H3. The first-order valence-electron chi connectivity index (χ1n) is 7.20. The van der Waals surface area contributed by atoms with Gasteiger partial charge in [-0.05, 0) is 63.9 Å². The van der Waals surface area contributed by atoms with Crippen LogP contribution < -0.4 is 5.32 Å². The molecule has 1 atom stereocenters. The Morgan fingerprint density at radius 1 is 0.850 bits per heavy atom. The summed E-state index contributed by atoms with van der Waals surface area (Å²) in [4.78, 5) is 0. The summed E-state index contributed by atoms with van der Waals surface area (Å²) in [6.45, 7) is 7.58. The molecule has 0 aliphatic heterocycles. The van der Waals surface area contributed by atoms with Gasteiger partial charge >= 0.3 is 0 Å². The minimum Gasteiger partial charge on any atom is -0.307 e. The molecule has 1 unspecified atom stereocenters. The van der Waals surface area contributed by atoms with E-state index < -0.39 is 0 Å². The van der Waals surface area contributed by atoms with Gasteiger partial charge in [0.15, 0.2) is 0 Å². The highest BCUT2D eigenvalue weighted by molar-refractivity contribution is 14.1. The molecule has 20 heavy (non-hydrogen) atoms. The van der Waals surface area contributed by atoms with Crippen LogP contribution in [-0.2, 0) is 0 Å². The van der Waals surface area contributed by atoms with Gasteiger partial charge in [-0.1, -0.05) is 57.2 Å². The van der Waals surface area contributed by atoms with Crippen LogP contribution in [0.25, 0.3) is 0 Å². The Labute approximate surface area is 135 Å². The van der Waals surface area contributed by atoms with Gasteiger partial charge in [-0.25, -0.2) is 0 Å². The molecule has 1 nitrogen and oxygen atoms in total. The van der Waals surface area contributed by atoms with Crippen LogP contribution in [0.1, 0.15) is 49.4 Å². The third-order valence-corrected chi connectivity index (χ3v) is 4.27. The SMILES string of the molecule is CCNC(c1ccc(I)cc1)c1ccc(C(C)C)cc1. The Hall–Kier alpha value is -0.870. The van der Waals surface area contributed by atoms with Crippen LogP contribution in [0.3, 0.4) is 0 Å². The lowest BCUT2D eigenvalue weighted by Gasteiger charge is -2.20. The molecule has 0 fully saturated rings. The van der Waals surface area contributed by atoms with E-state index in [1.807, 2.05) is 0 Å². The van der Waals surface area contributed by atoms with Gasteiger partial charge < -0.3 is 5.32 Å². The lowest BCUT2D eigenvalue weighted by molar-refractivity contribution is 0.630. The molecule has 0 spiro atoms. The van der Waals surface area contributed by atoms with Crippen LogP contribution in [-0.4, -0.2) is 6.54 Å². The minimum atomic E-state index is 0.276. The van der Waals surface area contributed by atoms with Gasteiger partial charge in [0.25, 0.3) is 0 Å². The summed E-state index contributed by atoms with van der Waals surface area (Å²) in [5.41, 5.74) is 4.05. The normalized spacial score (nSPS) is 12.7. The van der Waals surface area contributed by atoms with Crippen molar-refractivity contribution >= 4 is 22.6 Å². The lowest BCUT2D eigenvalue weighted by atomic mass is 9.95. The van der Waals surface area contributed by atoms with E-state index in [9.17, 15) is 0 Å². The zero-order chi connectivity index (χ0) is 14.5. The predicted molar refractivity (Wildman–Crippen MR) is 95.2 cm³/mol. The summed E-state index contributed by atoms with van der Waals surface area (Å²) in [5, 5.41) is 3.58. The van der Waals surface area contributed by atoms with E-state index in [1.165, 1.54) is 20.3 Å². The Balaban J connectivity index is 2.30. The van der Waals surface area contributed by atoms with Crippen molar-refractivity contribution in [3.8, 4) is 0 Å². The van der Waals surface area contributed by atoms with Crippen molar-refractivity contribution in [2.24, 2.45) is 0 Å². The predicted octanol–water partition coefficient (Wildman–Crippen LogP) is 5.11. The number of halogens is 1. The summed E-state index contributed by atoms with van der Waals surface area (Å²) < 4.78 is 1.27. The second-order valence-corrected chi connectivity index (χ2v) is 6.61. The molecule has 0 bridgehead atoms. The van der Waals surface area contributed by atoms with Crippen molar-refractivity contribution in [1.82, 2.24) is 5.32 Å². The average Bonchev–Trinajstić information content (AvgIpc) is 2.46. The van der Waals surface area contributed by atoms with E-state index in [0.717, 1.165) is 6.54 Å². The van der Waals surface area contributed by atoms with E-state index in [2.05, 4.69) is 97.2 Å². The largest absolute Gasteiger partial charge is 0.307 e. The summed E-state index contributed by atoms with van der Waals surface area (Å²) in [7, 11) is 0. The van der Waals surface area contributed by atoms with E-state index in [-0.39, 0.29) is 6.04 Å². The fourth-order valence-electron chi connectivity index (χ4n) is 2.36. The van der Waals surface area contributed by atoms with Crippen LogP contribution >= 0.6 is 22.6 Å². The van der Waals surface area contributed by atoms with E-state index in [0.29, 0.717) is 5.92 Å². The Morgan fingerprint density at radius 2 is 1.30 bits per heavy atom. The maximum absolute atomic E-state index is 3.58. The summed E-state index contributed by atoms with van der Waals surface area (Å²) in [6, 6.07) is 18.0. The van der Waals surface area contributed by atoms with E-state index >= 15 is 0 Å². The number of nitrogens with one attached hydrogen (secondary N) is 1. The molecule has 0 saturated carbocycles. The molecule has 2 rings (SSSR count). The molecule has 2 heteroatoms. The smallest absolute Gasteiger partial charge is 0.0576 e. The van der Waals surface area contributed by atoms with Crippen molar-refractivity contribution in [3.63, 3.8) is 0 Å². The van der Waals surface area contributed by atoms with Crippen molar-refractivity contribution in [2.45, 2.75) is 32.7 Å². The molecule has 0 saturated heterocycles. The van der Waals surface area contributed by atoms with Crippen molar-refractivity contribution in [1.29, 1.82) is 0 Å². The van der Waals surface area contributed by atoms with Gasteiger partial charge in [-0.3, -0.25) is 0 Å². The van der Waals surface area contributed by atoms with Crippen molar-refractivity contribution in [3.05, 3.63) is 68.8 Å². The number of hydrogen-bond acceptors (Lipinski definition) is 1. The third kappa shape index (κ3) is 3.83. The molecule has 0 aromatic heterocycles. The van der Waals surface area contributed by atoms with Gasteiger partial charge in [0.1, 0.15) is 0 Å². The summed E-state index contributed by atoms with van der Waals surface area (Å²) in [6.07, 6.45) is 0. The molecular formula is C18H22IN. The van der Waals surface area contributed by atoms with Gasteiger partial charge in [0, 0.05) is 3.57 Å². The molecular weight excluding hydrogens is 357 g/mol. The molecule has 0 aliphatic rings. The van der Waals surface area contributed by atoms with Crippen LogP contribution in [0.15, 0.2) is 48.5 Å². The van der Waals surface area contributed by atoms with Gasteiger partial charge in [0.2, 0.25) is 0 Å². The topological polar surface area (TPSA) is 12.0 Å². The fraction of sp³-hybridized carbons (Fsp3) is 0.333. The maximum Gasteiger partial charge on any atom is 0.0576 e. The zero-order valence-electron chi connectivity index (χ0n) is 12.4. The maximum atomic E-state index is 3.58. The van der Waals surface area contributed by atoms with Gasteiger partial charge in [-0.15, -0.1) is 0 Å². The third-order valence-electron chi connectivity index (χ3n) is 3.55. The average molecular weight is 379 g/mol. The Morgan fingerprint density at radius 3 is 1.75 bits per heavy atom. The number of hydrogen-bond donors (Lipinski definition) is 1. The molecule has 0 amide bonds. The van der Waals surface area contributed by atoms with Gasteiger partial charge in [-0.2, -0.15) is 0 Å². The molecule has 1 N–H and O–H groups in total. The highest BCUT2D eigenvalue weighted by Gasteiger charge is 2.13. The Kier molecular flexibility index (Phi) is 5.61. The first-order chi connectivity index (χ1) is 9.61. The molecule has 0 radical (unpaired) electrons. The first-order valence-corrected chi connectivity index (χ1v) is 8.28. The van der Waals surface area contributed by atoms with Crippen LogP contribution in [0.4, 0.5) is 0 Å². The summed E-state index contributed by atoms with van der Waals surface area (Å²) in [5.74, 6) is 0.583. The van der Waals surface area contributed by atoms with Gasteiger partial charge in [0.05, 0.1) is 6.04 Å². The van der Waals surface area contributed by atoms with Crippen LogP contribution in [0.2, 0.25) is 0 Å². The molecule has 2 aromatic rings. The second-order valence-electron chi connectivity index (χ2n) is 5.36. The second kappa shape index (κ2) is 7.23. The van der Waals surface area contributed by atoms with Crippen molar-refractivity contribution < 1.29 is 0 Å². The molecule has 0 heterocycles. The number of benzene rings is 2. The van der Waals surface area contributed by atoms with E-state index in [1.54, 1.807) is 0 Å². The number of rotatable bonds is 5. The Bertz CT molecular complexity index is 528. The highest BCUT2D eigenvalue weighted by Crippen LogP contribution is 2.24. The van der Waals surface area contributed by atoms with Crippen LogP contribution in [0.5, 0.6) is 0 Å². The molecule has 0 aliphatic carbocycles. The summed E-state index contributed by atoms with van der Waals surface area (Å²) >= 11 is 2.35. The van der Waals surface area contributed by atoms with Crippen molar-refractivity contribution in [2.75, 3.05) is 6.54 Å².